The Balaban J connectivity index is 2.17. The maximum atomic E-state index is 12.0. The van der Waals surface area contributed by atoms with Gasteiger partial charge < -0.3 is 4.74 Å². The van der Waals surface area contributed by atoms with Crippen LogP contribution in [0.4, 0.5) is 0 Å². The molecule has 0 heterocycles. The Morgan fingerprint density at radius 1 is 1.05 bits per heavy atom. The molecule has 0 amide bonds. The van der Waals surface area contributed by atoms with Gasteiger partial charge in [-0.1, -0.05) is 68.8 Å². The number of benzene rings is 2. The number of hydrogen-bond donors (Lipinski definition) is 0. The van der Waals surface area contributed by atoms with E-state index in [1.54, 1.807) is 6.08 Å². The first-order valence-corrected chi connectivity index (χ1v) is 7.42. The first-order chi connectivity index (χ1) is 10.4. The lowest BCUT2D eigenvalue weighted by Crippen LogP contribution is -2.15. The van der Waals surface area contributed by atoms with Gasteiger partial charge in [0.15, 0.2) is 0 Å². The lowest BCUT2D eigenvalue weighted by molar-refractivity contribution is -0.128. The summed E-state index contributed by atoms with van der Waals surface area (Å²) in [5.41, 5.74) is 3.09. The Labute approximate surface area is 132 Å². The zero-order valence-corrected chi connectivity index (χ0v) is 13.6. The molecule has 0 aliphatic rings. The molecule has 0 radical (unpaired) electrons. The Bertz CT molecular complexity index is 677. The SMILES string of the molecule is Cc1ccc(OC(=O)C=Cc2ccccc2)c(C(C)(C)C)c1. The third-order valence-electron chi connectivity index (χ3n) is 3.37. The van der Waals surface area contributed by atoms with Crippen molar-refractivity contribution in [2.75, 3.05) is 0 Å². The number of esters is 1. The third kappa shape index (κ3) is 4.32. The van der Waals surface area contributed by atoms with Gasteiger partial charge in [0.1, 0.15) is 5.75 Å². The molecule has 2 aromatic carbocycles. The van der Waals surface area contributed by atoms with E-state index in [4.69, 9.17) is 4.74 Å². The summed E-state index contributed by atoms with van der Waals surface area (Å²) in [6.45, 7) is 8.37. The van der Waals surface area contributed by atoms with E-state index >= 15 is 0 Å². The zero-order chi connectivity index (χ0) is 16.2. The molecule has 22 heavy (non-hydrogen) atoms. The van der Waals surface area contributed by atoms with E-state index in [2.05, 4.69) is 26.8 Å². The fourth-order valence-corrected chi connectivity index (χ4v) is 2.19. The summed E-state index contributed by atoms with van der Waals surface area (Å²) in [5.74, 6) is 0.263. The van der Waals surface area contributed by atoms with Gasteiger partial charge in [0, 0.05) is 11.6 Å². The topological polar surface area (TPSA) is 26.3 Å². The van der Waals surface area contributed by atoms with Crippen molar-refractivity contribution in [2.45, 2.75) is 33.1 Å². The van der Waals surface area contributed by atoms with E-state index in [1.165, 1.54) is 6.08 Å². The van der Waals surface area contributed by atoms with E-state index < -0.39 is 0 Å². The van der Waals surface area contributed by atoms with Crippen LogP contribution in [0.2, 0.25) is 0 Å². The monoisotopic (exact) mass is 294 g/mol. The molecule has 0 saturated heterocycles. The van der Waals surface area contributed by atoms with Crippen molar-refractivity contribution in [1.29, 1.82) is 0 Å². The molecule has 2 aromatic rings. The maximum Gasteiger partial charge on any atom is 0.336 e. The van der Waals surface area contributed by atoms with Gasteiger partial charge in [0.25, 0.3) is 0 Å². The summed E-state index contributed by atoms with van der Waals surface area (Å²) in [4.78, 5) is 12.0. The van der Waals surface area contributed by atoms with Crippen LogP contribution in [-0.4, -0.2) is 5.97 Å². The van der Waals surface area contributed by atoms with Gasteiger partial charge in [-0.05, 0) is 30.0 Å². The van der Waals surface area contributed by atoms with E-state index in [9.17, 15) is 4.79 Å². The first kappa shape index (κ1) is 16.0. The Hall–Kier alpha value is -2.35. The minimum atomic E-state index is -0.363. The molecule has 0 bridgehead atoms. The summed E-state index contributed by atoms with van der Waals surface area (Å²) < 4.78 is 5.52. The molecular weight excluding hydrogens is 272 g/mol. The van der Waals surface area contributed by atoms with Gasteiger partial charge in [-0.15, -0.1) is 0 Å². The second kappa shape index (κ2) is 6.61. The number of ether oxygens (including phenoxy) is 1. The molecule has 0 aromatic heterocycles. The van der Waals surface area contributed by atoms with Gasteiger partial charge >= 0.3 is 5.97 Å². The van der Waals surface area contributed by atoms with Gasteiger partial charge in [0.2, 0.25) is 0 Å². The lowest BCUT2D eigenvalue weighted by Gasteiger charge is -2.22. The summed E-state index contributed by atoms with van der Waals surface area (Å²) in [6.07, 6.45) is 3.22. The molecule has 2 nitrogen and oxygen atoms in total. The van der Waals surface area contributed by atoms with E-state index in [-0.39, 0.29) is 11.4 Å². The minimum absolute atomic E-state index is 0.0786. The fourth-order valence-electron chi connectivity index (χ4n) is 2.19. The first-order valence-electron chi connectivity index (χ1n) is 7.42. The predicted octanol–water partition coefficient (Wildman–Crippen LogP) is 4.91. The molecule has 0 unspecified atom stereocenters. The van der Waals surface area contributed by atoms with E-state index in [1.807, 2.05) is 49.4 Å². The molecule has 0 aliphatic heterocycles. The highest BCUT2D eigenvalue weighted by atomic mass is 16.5. The van der Waals surface area contributed by atoms with Crippen LogP contribution in [0.25, 0.3) is 6.08 Å². The quantitative estimate of drug-likeness (QED) is 0.456. The molecule has 0 fully saturated rings. The number of carbonyl (C=O) groups is 1. The Morgan fingerprint density at radius 2 is 1.73 bits per heavy atom. The second-order valence-corrected chi connectivity index (χ2v) is 6.41. The lowest BCUT2D eigenvalue weighted by atomic mass is 9.85. The summed E-state index contributed by atoms with van der Waals surface area (Å²) >= 11 is 0. The molecule has 0 spiro atoms. The molecule has 2 rings (SSSR count). The van der Waals surface area contributed by atoms with Crippen molar-refractivity contribution in [3.05, 3.63) is 71.3 Å². The van der Waals surface area contributed by atoms with Crippen molar-refractivity contribution >= 4 is 12.0 Å². The van der Waals surface area contributed by atoms with Gasteiger partial charge in [-0.25, -0.2) is 4.79 Å². The third-order valence-corrected chi connectivity index (χ3v) is 3.37. The van der Waals surface area contributed by atoms with Crippen LogP contribution in [-0.2, 0) is 10.2 Å². The van der Waals surface area contributed by atoms with E-state index in [0.29, 0.717) is 5.75 Å². The van der Waals surface area contributed by atoms with Crippen LogP contribution in [0.15, 0.2) is 54.6 Å². The number of hydrogen-bond acceptors (Lipinski definition) is 2. The van der Waals surface area contributed by atoms with Gasteiger partial charge in [-0.3, -0.25) is 0 Å². The van der Waals surface area contributed by atoms with Gasteiger partial charge in [-0.2, -0.15) is 0 Å². The fraction of sp³-hybridized carbons (Fsp3) is 0.250. The van der Waals surface area contributed by atoms with Crippen LogP contribution in [0.1, 0.15) is 37.5 Å². The maximum absolute atomic E-state index is 12.0. The van der Waals surface area contributed by atoms with Crippen molar-refractivity contribution in [3.8, 4) is 5.75 Å². The molecule has 114 valence electrons. The van der Waals surface area contributed by atoms with Crippen LogP contribution in [0, 0.1) is 6.92 Å². The number of carbonyl (C=O) groups excluding carboxylic acids is 1. The summed E-state index contributed by atoms with van der Waals surface area (Å²) in [6, 6.07) is 15.6. The van der Waals surface area contributed by atoms with Gasteiger partial charge in [0.05, 0.1) is 0 Å². The summed E-state index contributed by atoms with van der Waals surface area (Å²) in [7, 11) is 0. The average Bonchev–Trinajstić information content (AvgIpc) is 2.47. The number of aryl methyl sites for hydroxylation is 1. The zero-order valence-electron chi connectivity index (χ0n) is 13.6. The van der Waals surface area contributed by atoms with Crippen molar-refractivity contribution in [2.24, 2.45) is 0 Å². The van der Waals surface area contributed by atoms with Crippen molar-refractivity contribution in [3.63, 3.8) is 0 Å². The Morgan fingerprint density at radius 3 is 2.36 bits per heavy atom. The minimum Gasteiger partial charge on any atom is -0.423 e. The Kier molecular flexibility index (Phi) is 4.81. The van der Waals surface area contributed by atoms with Crippen LogP contribution in [0.5, 0.6) is 5.75 Å². The number of rotatable bonds is 3. The standard InChI is InChI=1S/C20H22O2/c1-15-10-12-18(17(14-15)20(2,3)4)22-19(21)13-11-16-8-6-5-7-9-16/h5-14H,1-4H3. The smallest absolute Gasteiger partial charge is 0.336 e. The average molecular weight is 294 g/mol. The molecule has 0 N–H and O–H groups in total. The highest BCUT2D eigenvalue weighted by Gasteiger charge is 2.20. The predicted molar refractivity (Wildman–Crippen MR) is 91.0 cm³/mol. The normalized spacial score (nSPS) is 11.6. The molecule has 0 saturated carbocycles. The highest BCUT2D eigenvalue weighted by Crippen LogP contribution is 2.32. The van der Waals surface area contributed by atoms with Crippen LogP contribution < -0.4 is 4.74 Å². The van der Waals surface area contributed by atoms with E-state index in [0.717, 1.165) is 16.7 Å². The van der Waals surface area contributed by atoms with Crippen molar-refractivity contribution in [1.82, 2.24) is 0 Å². The molecule has 0 aliphatic carbocycles. The van der Waals surface area contributed by atoms with Crippen molar-refractivity contribution < 1.29 is 9.53 Å². The van der Waals surface area contributed by atoms with Crippen LogP contribution >= 0.6 is 0 Å². The molecular formula is C20H22O2. The molecule has 2 heteroatoms. The van der Waals surface area contributed by atoms with Crippen LogP contribution in [0.3, 0.4) is 0 Å². The molecule has 0 atom stereocenters. The largest absolute Gasteiger partial charge is 0.423 e. The highest BCUT2D eigenvalue weighted by molar-refractivity contribution is 5.88. The summed E-state index contributed by atoms with van der Waals surface area (Å²) in [5, 5.41) is 0. The second-order valence-electron chi connectivity index (χ2n) is 6.41.